The molecular formula is C10H16N2O. The van der Waals surface area contributed by atoms with Crippen molar-refractivity contribution in [3.8, 4) is 11.8 Å². The average molecular weight is 180 g/mol. The fourth-order valence-electron chi connectivity index (χ4n) is 1.55. The molecule has 1 fully saturated rings. The van der Waals surface area contributed by atoms with E-state index in [1.807, 2.05) is 0 Å². The summed E-state index contributed by atoms with van der Waals surface area (Å²) in [6.45, 7) is 3.33. The quantitative estimate of drug-likeness (QED) is 0.623. The lowest BCUT2D eigenvalue weighted by molar-refractivity contribution is -0.112. The minimum Gasteiger partial charge on any atom is -0.359 e. The highest BCUT2D eigenvalue weighted by Gasteiger charge is 2.07. The summed E-state index contributed by atoms with van der Waals surface area (Å²) in [5.74, 6) is 4.58. The van der Waals surface area contributed by atoms with E-state index in [0.29, 0.717) is 0 Å². The Balaban J connectivity index is 2.12. The van der Waals surface area contributed by atoms with Crippen LogP contribution in [0.3, 0.4) is 0 Å². The summed E-state index contributed by atoms with van der Waals surface area (Å²) in [6, 6.07) is 0. The molecule has 1 saturated heterocycles. The van der Waals surface area contributed by atoms with Crippen molar-refractivity contribution in [2.24, 2.45) is 5.73 Å². The highest BCUT2D eigenvalue weighted by atomic mass is 16.1. The third kappa shape index (κ3) is 4.54. The molecule has 0 atom stereocenters. The van der Waals surface area contributed by atoms with E-state index >= 15 is 0 Å². The molecule has 1 amide bonds. The number of rotatable bonds is 2. The van der Waals surface area contributed by atoms with Gasteiger partial charge < -0.3 is 10.6 Å². The van der Waals surface area contributed by atoms with Gasteiger partial charge in [-0.05, 0) is 31.9 Å². The lowest BCUT2D eigenvalue weighted by Crippen LogP contribution is -2.30. The van der Waals surface area contributed by atoms with Crippen molar-refractivity contribution in [3.63, 3.8) is 0 Å². The van der Waals surface area contributed by atoms with Gasteiger partial charge in [-0.15, -0.1) is 0 Å². The fraction of sp³-hybridized carbons (Fsp3) is 0.700. The van der Waals surface area contributed by atoms with Crippen molar-refractivity contribution in [2.45, 2.75) is 25.7 Å². The summed E-state index contributed by atoms with van der Waals surface area (Å²) in [7, 11) is 0. The normalized spacial score (nSPS) is 17.5. The van der Waals surface area contributed by atoms with Crippen molar-refractivity contribution < 1.29 is 4.79 Å². The topological polar surface area (TPSA) is 46.3 Å². The molecule has 0 aliphatic carbocycles. The smallest absolute Gasteiger partial charge is 0.293 e. The van der Waals surface area contributed by atoms with E-state index in [1.54, 1.807) is 0 Å². The molecule has 0 saturated carbocycles. The van der Waals surface area contributed by atoms with Crippen LogP contribution in [0.1, 0.15) is 25.7 Å². The Morgan fingerprint density at radius 2 is 2.00 bits per heavy atom. The molecule has 0 unspecified atom stereocenters. The molecule has 1 rings (SSSR count). The molecule has 3 nitrogen and oxygen atoms in total. The summed E-state index contributed by atoms with van der Waals surface area (Å²) >= 11 is 0. The first-order chi connectivity index (χ1) is 6.29. The van der Waals surface area contributed by atoms with Gasteiger partial charge >= 0.3 is 0 Å². The monoisotopic (exact) mass is 180 g/mol. The third-order valence-electron chi connectivity index (χ3n) is 2.21. The molecule has 0 aromatic carbocycles. The van der Waals surface area contributed by atoms with Gasteiger partial charge in [-0.2, -0.15) is 0 Å². The van der Waals surface area contributed by atoms with Crippen LogP contribution in [0.15, 0.2) is 0 Å². The van der Waals surface area contributed by atoms with Crippen LogP contribution in [0.2, 0.25) is 0 Å². The average Bonchev–Trinajstić information content (AvgIpc) is 2.14. The number of carbonyl (C=O) groups excluding carboxylic acids is 1. The largest absolute Gasteiger partial charge is 0.359 e. The van der Waals surface area contributed by atoms with Crippen molar-refractivity contribution in [3.05, 3.63) is 0 Å². The Kier molecular flexibility index (Phi) is 4.34. The number of amides is 1. The first-order valence-corrected chi connectivity index (χ1v) is 4.80. The molecule has 0 aromatic rings. The van der Waals surface area contributed by atoms with Crippen molar-refractivity contribution in [2.75, 3.05) is 19.6 Å². The molecule has 0 radical (unpaired) electrons. The van der Waals surface area contributed by atoms with Gasteiger partial charge in [-0.1, -0.05) is 12.3 Å². The van der Waals surface area contributed by atoms with E-state index in [1.165, 1.54) is 32.4 Å². The minimum atomic E-state index is -0.529. The van der Waals surface area contributed by atoms with Gasteiger partial charge in [-0.3, -0.25) is 4.79 Å². The fourth-order valence-corrected chi connectivity index (χ4v) is 1.55. The number of nitrogens with zero attached hydrogens (tertiary/aromatic N) is 1. The predicted octanol–water partition coefficient (Wildman–Crippen LogP) is 0.351. The third-order valence-corrected chi connectivity index (χ3v) is 2.21. The van der Waals surface area contributed by atoms with E-state index in [-0.39, 0.29) is 0 Å². The Morgan fingerprint density at radius 3 is 2.62 bits per heavy atom. The molecule has 0 aromatic heterocycles. The second kappa shape index (κ2) is 5.60. The maximum atomic E-state index is 10.3. The van der Waals surface area contributed by atoms with E-state index in [0.717, 1.165) is 13.0 Å². The Morgan fingerprint density at radius 1 is 1.31 bits per heavy atom. The summed E-state index contributed by atoms with van der Waals surface area (Å²) in [6.07, 6.45) is 4.69. The van der Waals surface area contributed by atoms with E-state index < -0.39 is 5.91 Å². The maximum Gasteiger partial charge on any atom is 0.293 e. The SMILES string of the molecule is NC(=O)C#CCCN1CCCCC1. The van der Waals surface area contributed by atoms with Gasteiger partial charge in [0.1, 0.15) is 0 Å². The number of hydrogen-bond acceptors (Lipinski definition) is 2. The number of nitrogens with two attached hydrogens (primary N) is 1. The molecular weight excluding hydrogens is 164 g/mol. The Bertz CT molecular complexity index is 221. The zero-order chi connectivity index (χ0) is 9.52. The number of carbonyl (C=O) groups is 1. The first kappa shape index (κ1) is 10.1. The number of piperidine rings is 1. The van der Waals surface area contributed by atoms with E-state index in [9.17, 15) is 4.79 Å². The van der Waals surface area contributed by atoms with Gasteiger partial charge in [0, 0.05) is 13.0 Å². The second-order valence-electron chi connectivity index (χ2n) is 3.32. The van der Waals surface area contributed by atoms with Crippen molar-refractivity contribution >= 4 is 5.91 Å². The highest BCUT2D eigenvalue weighted by molar-refractivity contribution is 5.91. The zero-order valence-corrected chi connectivity index (χ0v) is 7.88. The van der Waals surface area contributed by atoms with Gasteiger partial charge in [0.15, 0.2) is 0 Å². The number of hydrogen-bond donors (Lipinski definition) is 1. The van der Waals surface area contributed by atoms with Crippen LogP contribution in [0.5, 0.6) is 0 Å². The molecule has 72 valence electrons. The molecule has 1 heterocycles. The summed E-state index contributed by atoms with van der Waals surface area (Å²) in [5, 5.41) is 0. The Hall–Kier alpha value is -1.01. The molecule has 0 spiro atoms. The van der Waals surface area contributed by atoms with E-state index in [2.05, 4.69) is 16.7 Å². The van der Waals surface area contributed by atoms with Crippen LogP contribution in [0.4, 0.5) is 0 Å². The molecule has 2 N–H and O–H groups in total. The van der Waals surface area contributed by atoms with Gasteiger partial charge in [0.05, 0.1) is 0 Å². The van der Waals surface area contributed by atoms with Crippen LogP contribution >= 0.6 is 0 Å². The number of primary amides is 1. The lowest BCUT2D eigenvalue weighted by atomic mass is 10.1. The number of likely N-dealkylation sites (tertiary alicyclic amines) is 1. The molecule has 0 bridgehead atoms. The van der Waals surface area contributed by atoms with Gasteiger partial charge in [-0.25, -0.2) is 0 Å². The molecule has 1 aliphatic rings. The zero-order valence-electron chi connectivity index (χ0n) is 7.88. The standard InChI is InChI=1S/C10H16N2O/c11-10(13)6-2-5-9-12-7-3-1-4-8-12/h1,3-5,7-9H2,(H2,11,13). The molecule has 3 heteroatoms. The summed E-state index contributed by atoms with van der Waals surface area (Å²) < 4.78 is 0. The van der Waals surface area contributed by atoms with Crippen LogP contribution in [-0.4, -0.2) is 30.4 Å². The first-order valence-electron chi connectivity index (χ1n) is 4.80. The predicted molar refractivity (Wildman–Crippen MR) is 51.9 cm³/mol. The van der Waals surface area contributed by atoms with Crippen LogP contribution in [0.25, 0.3) is 0 Å². The van der Waals surface area contributed by atoms with Crippen molar-refractivity contribution in [1.29, 1.82) is 0 Å². The molecule has 13 heavy (non-hydrogen) atoms. The summed E-state index contributed by atoms with van der Waals surface area (Å²) in [4.78, 5) is 12.7. The molecule has 1 aliphatic heterocycles. The Labute approximate surface area is 79.3 Å². The summed E-state index contributed by atoms with van der Waals surface area (Å²) in [5.41, 5.74) is 4.89. The van der Waals surface area contributed by atoms with Crippen LogP contribution < -0.4 is 5.73 Å². The lowest BCUT2D eigenvalue weighted by Gasteiger charge is -2.25. The minimum absolute atomic E-state index is 0.529. The van der Waals surface area contributed by atoms with E-state index in [4.69, 9.17) is 5.73 Å². The highest BCUT2D eigenvalue weighted by Crippen LogP contribution is 2.08. The van der Waals surface area contributed by atoms with Crippen molar-refractivity contribution in [1.82, 2.24) is 4.90 Å². The van der Waals surface area contributed by atoms with Crippen LogP contribution in [-0.2, 0) is 4.79 Å². The van der Waals surface area contributed by atoms with Gasteiger partial charge in [0.2, 0.25) is 0 Å². The maximum absolute atomic E-state index is 10.3. The van der Waals surface area contributed by atoms with Crippen LogP contribution in [0, 0.1) is 11.8 Å². The second-order valence-corrected chi connectivity index (χ2v) is 3.32. The van der Waals surface area contributed by atoms with Gasteiger partial charge in [0.25, 0.3) is 5.91 Å².